The third-order valence-electron chi connectivity index (χ3n) is 4.87. The van der Waals surface area contributed by atoms with Crippen molar-refractivity contribution >= 4 is 41.5 Å². The Bertz CT molecular complexity index is 604. The average molecular weight is 524 g/mol. The zero-order valence-corrected chi connectivity index (χ0v) is 20.5. The number of nitrogens with zero attached hydrogens (tertiary/aromatic N) is 3. The van der Waals surface area contributed by atoms with Gasteiger partial charge in [0.05, 0.1) is 11.6 Å². The molecule has 2 atom stereocenters. The molecule has 0 bridgehead atoms. The number of guanidine groups is 1. The van der Waals surface area contributed by atoms with E-state index in [-0.39, 0.29) is 30.1 Å². The molecule has 2 N–H and O–H groups in total. The first-order valence-corrected chi connectivity index (χ1v) is 10.2. The first kappa shape index (κ1) is 25.3. The number of para-hydroxylation sites is 1. The molecular formula is C20H35ClIN5O. The third-order valence-corrected chi connectivity index (χ3v) is 5.18. The molecule has 1 aromatic carbocycles. The SMILES string of the molecule is CCNC(=NCC(CC)Oc1ccccc1Cl)NCC1CN(C)CCN1C.I. The number of rotatable bonds is 8. The van der Waals surface area contributed by atoms with Crippen LogP contribution in [0.15, 0.2) is 29.3 Å². The van der Waals surface area contributed by atoms with Gasteiger partial charge in [-0.3, -0.25) is 4.90 Å². The second kappa shape index (κ2) is 13.5. The molecular weight excluding hydrogens is 489 g/mol. The molecule has 1 aliphatic rings. The standard InChI is InChI=1S/C20H34ClN5O.HI/c1-5-17(27-19-10-8-7-9-18(19)21)14-24-20(22-6-2)23-13-16-15-25(3)11-12-26(16)4;/h7-10,16-17H,5-6,11-15H2,1-4H3,(H2,22,23,24);1H. The summed E-state index contributed by atoms with van der Waals surface area (Å²) in [4.78, 5) is 9.52. The van der Waals surface area contributed by atoms with Gasteiger partial charge in [0.2, 0.25) is 0 Å². The normalized spacial score (nSPS) is 19.6. The Morgan fingerprint density at radius 3 is 2.68 bits per heavy atom. The van der Waals surface area contributed by atoms with Crippen LogP contribution in [-0.4, -0.2) is 81.3 Å². The van der Waals surface area contributed by atoms with Crippen molar-refractivity contribution < 1.29 is 4.74 Å². The van der Waals surface area contributed by atoms with E-state index in [0.29, 0.717) is 23.4 Å². The second-order valence-corrected chi connectivity index (χ2v) is 7.48. The van der Waals surface area contributed by atoms with Crippen molar-refractivity contribution in [1.29, 1.82) is 0 Å². The number of aliphatic imine (C=N–C) groups is 1. The van der Waals surface area contributed by atoms with Gasteiger partial charge in [-0.05, 0) is 39.6 Å². The molecule has 1 fully saturated rings. The van der Waals surface area contributed by atoms with Crippen LogP contribution in [0.2, 0.25) is 5.02 Å². The maximum atomic E-state index is 6.20. The van der Waals surface area contributed by atoms with E-state index in [1.165, 1.54) is 0 Å². The molecule has 0 aliphatic carbocycles. The van der Waals surface area contributed by atoms with Crippen LogP contribution in [-0.2, 0) is 0 Å². The zero-order chi connectivity index (χ0) is 19.6. The quantitative estimate of drug-likeness (QED) is 0.312. The molecule has 8 heteroatoms. The smallest absolute Gasteiger partial charge is 0.191 e. The summed E-state index contributed by atoms with van der Waals surface area (Å²) in [5, 5.41) is 7.45. The highest BCUT2D eigenvalue weighted by molar-refractivity contribution is 14.0. The van der Waals surface area contributed by atoms with Crippen molar-refractivity contribution in [2.75, 3.05) is 53.4 Å². The van der Waals surface area contributed by atoms with E-state index in [0.717, 1.165) is 45.1 Å². The summed E-state index contributed by atoms with van der Waals surface area (Å²) >= 11 is 6.20. The van der Waals surface area contributed by atoms with Gasteiger partial charge in [-0.2, -0.15) is 0 Å². The molecule has 0 saturated carbocycles. The maximum Gasteiger partial charge on any atom is 0.191 e. The van der Waals surface area contributed by atoms with Gasteiger partial charge >= 0.3 is 0 Å². The van der Waals surface area contributed by atoms with E-state index in [9.17, 15) is 0 Å². The van der Waals surface area contributed by atoms with E-state index in [2.05, 4.69) is 48.4 Å². The molecule has 2 rings (SSSR count). The van der Waals surface area contributed by atoms with Crippen LogP contribution in [0.5, 0.6) is 5.75 Å². The lowest BCUT2D eigenvalue weighted by Gasteiger charge is -2.38. The summed E-state index contributed by atoms with van der Waals surface area (Å²) in [6, 6.07) is 8.06. The van der Waals surface area contributed by atoms with Crippen molar-refractivity contribution in [2.24, 2.45) is 4.99 Å². The molecule has 0 amide bonds. The summed E-state index contributed by atoms with van der Waals surface area (Å²) < 4.78 is 6.04. The first-order valence-electron chi connectivity index (χ1n) is 9.85. The van der Waals surface area contributed by atoms with Crippen LogP contribution in [0.3, 0.4) is 0 Å². The Balaban J connectivity index is 0.00000392. The molecule has 1 heterocycles. The molecule has 2 unspecified atom stereocenters. The van der Waals surface area contributed by atoms with Crippen LogP contribution in [0, 0.1) is 0 Å². The lowest BCUT2D eigenvalue weighted by Crippen LogP contribution is -2.55. The minimum Gasteiger partial charge on any atom is -0.487 e. The molecule has 28 heavy (non-hydrogen) atoms. The number of nitrogens with one attached hydrogen (secondary N) is 2. The molecule has 1 saturated heterocycles. The van der Waals surface area contributed by atoms with Gasteiger partial charge in [0.15, 0.2) is 5.96 Å². The van der Waals surface area contributed by atoms with Crippen molar-refractivity contribution in [3.8, 4) is 5.75 Å². The Hall–Kier alpha value is -0.770. The van der Waals surface area contributed by atoms with E-state index in [4.69, 9.17) is 21.3 Å². The molecule has 6 nitrogen and oxygen atoms in total. The summed E-state index contributed by atoms with van der Waals surface area (Å²) in [5.41, 5.74) is 0. The van der Waals surface area contributed by atoms with Gasteiger partial charge in [0.1, 0.15) is 11.9 Å². The molecule has 0 radical (unpaired) electrons. The van der Waals surface area contributed by atoms with Gasteiger partial charge in [0.25, 0.3) is 0 Å². The number of benzene rings is 1. The largest absolute Gasteiger partial charge is 0.487 e. The molecule has 0 aromatic heterocycles. The van der Waals surface area contributed by atoms with E-state index in [1.54, 1.807) is 0 Å². The van der Waals surface area contributed by atoms with Crippen molar-refractivity contribution in [3.05, 3.63) is 29.3 Å². The summed E-state index contributed by atoms with van der Waals surface area (Å²) in [7, 11) is 4.37. The highest BCUT2D eigenvalue weighted by Gasteiger charge is 2.22. The van der Waals surface area contributed by atoms with Crippen molar-refractivity contribution in [2.45, 2.75) is 32.4 Å². The predicted octanol–water partition coefficient (Wildman–Crippen LogP) is 2.92. The van der Waals surface area contributed by atoms with Crippen LogP contribution in [0.1, 0.15) is 20.3 Å². The second-order valence-electron chi connectivity index (χ2n) is 7.08. The Morgan fingerprint density at radius 2 is 2.00 bits per heavy atom. The van der Waals surface area contributed by atoms with Gasteiger partial charge < -0.3 is 20.3 Å². The summed E-state index contributed by atoms with van der Waals surface area (Å²) in [6.45, 7) is 9.75. The number of likely N-dealkylation sites (N-methyl/N-ethyl adjacent to an activating group) is 2. The fourth-order valence-corrected chi connectivity index (χ4v) is 3.22. The highest BCUT2D eigenvalue weighted by Crippen LogP contribution is 2.24. The van der Waals surface area contributed by atoms with E-state index >= 15 is 0 Å². The number of piperazine rings is 1. The van der Waals surface area contributed by atoms with Gasteiger partial charge in [-0.25, -0.2) is 4.99 Å². The number of ether oxygens (including phenoxy) is 1. The van der Waals surface area contributed by atoms with Crippen molar-refractivity contribution in [1.82, 2.24) is 20.4 Å². The Morgan fingerprint density at radius 1 is 1.25 bits per heavy atom. The van der Waals surface area contributed by atoms with E-state index in [1.807, 2.05) is 24.3 Å². The first-order chi connectivity index (χ1) is 13.0. The molecule has 160 valence electrons. The topological polar surface area (TPSA) is 52.1 Å². The minimum atomic E-state index is -0.0103. The zero-order valence-electron chi connectivity index (χ0n) is 17.4. The number of hydrogen-bond acceptors (Lipinski definition) is 4. The van der Waals surface area contributed by atoms with Gasteiger partial charge in [-0.15, -0.1) is 24.0 Å². The highest BCUT2D eigenvalue weighted by atomic mass is 127. The lowest BCUT2D eigenvalue weighted by molar-refractivity contribution is 0.116. The number of hydrogen-bond donors (Lipinski definition) is 2. The molecule has 0 spiro atoms. The predicted molar refractivity (Wildman–Crippen MR) is 129 cm³/mol. The van der Waals surface area contributed by atoms with Crippen LogP contribution < -0.4 is 15.4 Å². The van der Waals surface area contributed by atoms with Crippen LogP contribution >= 0.6 is 35.6 Å². The number of halogens is 2. The Kier molecular flexibility index (Phi) is 12.1. The minimum absolute atomic E-state index is 0. The third kappa shape index (κ3) is 8.31. The fraction of sp³-hybridized carbons (Fsp3) is 0.650. The van der Waals surface area contributed by atoms with Gasteiger partial charge in [0, 0.05) is 38.8 Å². The monoisotopic (exact) mass is 523 g/mol. The van der Waals surface area contributed by atoms with Crippen molar-refractivity contribution in [3.63, 3.8) is 0 Å². The summed E-state index contributed by atoms with van der Waals surface area (Å²) in [5.74, 6) is 1.55. The fourth-order valence-electron chi connectivity index (χ4n) is 3.04. The molecule has 1 aliphatic heterocycles. The van der Waals surface area contributed by atoms with Crippen LogP contribution in [0.4, 0.5) is 0 Å². The Labute approximate surface area is 192 Å². The average Bonchev–Trinajstić information content (AvgIpc) is 2.66. The lowest BCUT2D eigenvalue weighted by atomic mass is 10.2. The maximum absolute atomic E-state index is 6.20. The summed E-state index contributed by atoms with van der Waals surface area (Å²) in [6.07, 6.45) is 0.855. The van der Waals surface area contributed by atoms with Gasteiger partial charge in [-0.1, -0.05) is 30.7 Å². The molecule has 1 aromatic rings. The van der Waals surface area contributed by atoms with E-state index < -0.39 is 0 Å². The van der Waals surface area contributed by atoms with Crippen LogP contribution in [0.25, 0.3) is 0 Å².